The van der Waals surface area contributed by atoms with Gasteiger partial charge < -0.3 is 4.74 Å². The summed E-state index contributed by atoms with van der Waals surface area (Å²) in [6, 6.07) is 5.60. The van der Waals surface area contributed by atoms with Gasteiger partial charge in [0.05, 0.1) is 13.2 Å². The van der Waals surface area contributed by atoms with E-state index in [1.54, 1.807) is 13.2 Å². The summed E-state index contributed by atoms with van der Waals surface area (Å²) in [6.07, 6.45) is 1.55. The van der Waals surface area contributed by atoms with E-state index in [2.05, 4.69) is 4.99 Å². The Morgan fingerprint density at radius 3 is 2.79 bits per heavy atom. The lowest BCUT2D eigenvalue weighted by atomic mass is 10.1. The number of carbonyl (C=O) groups excluding carboxylic acids is 1. The molecule has 3 heteroatoms. The molecule has 1 atom stereocenters. The predicted octanol–water partition coefficient (Wildman–Crippen LogP) is 2.40. The fraction of sp³-hybridized carbons (Fsp3) is 0.364. The molecule has 0 saturated carbocycles. The van der Waals surface area contributed by atoms with E-state index in [1.807, 2.05) is 32.0 Å². The maximum atomic E-state index is 10.1. The van der Waals surface area contributed by atoms with Crippen molar-refractivity contribution in [2.24, 2.45) is 4.99 Å². The third kappa shape index (κ3) is 2.21. The van der Waals surface area contributed by atoms with Crippen molar-refractivity contribution in [1.29, 1.82) is 0 Å². The standard InChI is InChI=1S/C11H13NO2/c1-8-4-5-10(9(2)12-7-13)11(6-8)14-3/h4-6,9H,1-3H3. The zero-order valence-corrected chi connectivity index (χ0v) is 8.57. The zero-order chi connectivity index (χ0) is 10.6. The number of rotatable bonds is 3. The van der Waals surface area contributed by atoms with Crippen LogP contribution in [0.2, 0.25) is 0 Å². The highest BCUT2D eigenvalue weighted by Gasteiger charge is 2.09. The Labute approximate surface area is 83.4 Å². The van der Waals surface area contributed by atoms with Gasteiger partial charge in [0.15, 0.2) is 0 Å². The van der Waals surface area contributed by atoms with Crippen LogP contribution in [0.4, 0.5) is 0 Å². The van der Waals surface area contributed by atoms with Gasteiger partial charge in [0, 0.05) is 5.56 Å². The van der Waals surface area contributed by atoms with Gasteiger partial charge in [0.2, 0.25) is 6.08 Å². The maximum absolute atomic E-state index is 10.1. The van der Waals surface area contributed by atoms with E-state index < -0.39 is 0 Å². The molecule has 1 unspecified atom stereocenters. The molecule has 0 amide bonds. The maximum Gasteiger partial charge on any atom is 0.235 e. The van der Waals surface area contributed by atoms with Crippen LogP contribution >= 0.6 is 0 Å². The molecular formula is C11H13NO2. The second-order valence-corrected chi connectivity index (χ2v) is 3.14. The first-order valence-electron chi connectivity index (χ1n) is 4.40. The van der Waals surface area contributed by atoms with Crippen molar-refractivity contribution in [1.82, 2.24) is 0 Å². The van der Waals surface area contributed by atoms with Crippen molar-refractivity contribution in [2.75, 3.05) is 7.11 Å². The van der Waals surface area contributed by atoms with Gasteiger partial charge in [-0.15, -0.1) is 0 Å². The minimum Gasteiger partial charge on any atom is -0.496 e. The zero-order valence-electron chi connectivity index (χ0n) is 8.57. The van der Waals surface area contributed by atoms with E-state index >= 15 is 0 Å². The monoisotopic (exact) mass is 191 g/mol. The summed E-state index contributed by atoms with van der Waals surface area (Å²) < 4.78 is 5.20. The van der Waals surface area contributed by atoms with E-state index in [4.69, 9.17) is 4.74 Å². The molecule has 0 heterocycles. The van der Waals surface area contributed by atoms with Crippen LogP contribution in [0.1, 0.15) is 24.1 Å². The van der Waals surface area contributed by atoms with E-state index in [9.17, 15) is 4.79 Å². The molecule has 1 aromatic carbocycles. The largest absolute Gasteiger partial charge is 0.496 e. The van der Waals surface area contributed by atoms with Crippen LogP contribution in [-0.4, -0.2) is 13.2 Å². The highest BCUT2D eigenvalue weighted by atomic mass is 16.5. The highest BCUT2D eigenvalue weighted by molar-refractivity contribution is 5.42. The Morgan fingerprint density at radius 1 is 1.50 bits per heavy atom. The molecule has 0 saturated heterocycles. The topological polar surface area (TPSA) is 38.7 Å². The number of benzene rings is 1. The summed E-state index contributed by atoms with van der Waals surface area (Å²) in [5.74, 6) is 0.761. The first kappa shape index (κ1) is 10.5. The summed E-state index contributed by atoms with van der Waals surface area (Å²) >= 11 is 0. The van der Waals surface area contributed by atoms with Crippen molar-refractivity contribution in [2.45, 2.75) is 19.9 Å². The molecular weight excluding hydrogens is 178 g/mol. The first-order valence-corrected chi connectivity index (χ1v) is 4.40. The molecule has 0 aromatic heterocycles. The number of aliphatic imine (C=N–C) groups is 1. The molecule has 0 aliphatic carbocycles. The van der Waals surface area contributed by atoms with Crippen molar-refractivity contribution < 1.29 is 9.53 Å². The summed E-state index contributed by atoms with van der Waals surface area (Å²) in [5, 5.41) is 0. The Hall–Kier alpha value is -1.60. The fourth-order valence-electron chi connectivity index (χ4n) is 1.31. The lowest BCUT2D eigenvalue weighted by Gasteiger charge is -2.11. The van der Waals surface area contributed by atoms with Gasteiger partial charge >= 0.3 is 0 Å². The van der Waals surface area contributed by atoms with Gasteiger partial charge in [-0.2, -0.15) is 4.99 Å². The lowest BCUT2D eigenvalue weighted by molar-refractivity contribution is 0.406. The average Bonchev–Trinajstić information content (AvgIpc) is 2.17. The minimum absolute atomic E-state index is 0.206. The quantitative estimate of drug-likeness (QED) is 0.543. The van der Waals surface area contributed by atoms with Gasteiger partial charge in [-0.05, 0) is 25.5 Å². The predicted molar refractivity (Wildman–Crippen MR) is 54.3 cm³/mol. The SMILES string of the molecule is COc1cc(C)ccc1C(C)N=C=O. The molecule has 0 radical (unpaired) electrons. The highest BCUT2D eigenvalue weighted by Crippen LogP contribution is 2.27. The third-order valence-electron chi connectivity index (χ3n) is 2.09. The van der Waals surface area contributed by atoms with Crippen LogP contribution in [0, 0.1) is 6.92 Å². The smallest absolute Gasteiger partial charge is 0.235 e. The van der Waals surface area contributed by atoms with Gasteiger partial charge in [-0.25, -0.2) is 4.79 Å². The van der Waals surface area contributed by atoms with E-state index in [0.717, 1.165) is 16.9 Å². The Bertz CT molecular complexity index is 368. The summed E-state index contributed by atoms with van der Waals surface area (Å²) in [7, 11) is 1.61. The Kier molecular flexibility index (Phi) is 3.43. The first-order chi connectivity index (χ1) is 6.69. The van der Waals surface area contributed by atoms with Crippen LogP contribution in [0.5, 0.6) is 5.75 Å². The van der Waals surface area contributed by atoms with Crippen molar-refractivity contribution in [3.05, 3.63) is 29.3 Å². The molecule has 0 fully saturated rings. The number of nitrogens with zero attached hydrogens (tertiary/aromatic N) is 1. The molecule has 0 aliphatic heterocycles. The summed E-state index contributed by atoms with van der Waals surface area (Å²) in [4.78, 5) is 13.8. The number of methoxy groups -OCH3 is 1. The van der Waals surface area contributed by atoms with E-state index in [-0.39, 0.29) is 6.04 Å². The molecule has 3 nitrogen and oxygen atoms in total. The van der Waals surface area contributed by atoms with Gasteiger partial charge in [-0.1, -0.05) is 12.1 Å². The van der Waals surface area contributed by atoms with Crippen LogP contribution in [0.25, 0.3) is 0 Å². The van der Waals surface area contributed by atoms with Gasteiger partial charge in [-0.3, -0.25) is 0 Å². The molecule has 1 rings (SSSR count). The second-order valence-electron chi connectivity index (χ2n) is 3.14. The number of aryl methyl sites for hydroxylation is 1. The van der Waals surface area contributed by atoms with Crippen LogP contribution < -0.4 is 4.74 Å². The number of hydrogen-bond donors (Lipinski definition) is 0. The van der Waals surface area contributed by atoms with Crippen LogP contribution in [0.3, 0.4) is 0 Å². The minimum atomic E-state index is -0.206. The van der Waals surface area contributed by atoms with E-state index in [0.29, 0.717) is 0 Å². The third-order valence-corrected chi connectivity index (χ3v) is 2.09. The normalized spacial score (nSPS) is 11.6. The second kappa shape index (κ2) is 4.58. The fourth-order valence-corrected chi connectivity index (χ4v) is 1.31. The van der Waals surface area contributed by atoms with Crippen molar-refractivity contribution in [3.63, 3.8) is 0 Å². The molecule has 0 bridgehead atoms. The number of hydrogen-bond acceptors (Lipinski definition) is 3. The Balaban J connectivity index is 3.13. The summed E-state index contributed by atoms with van der Waals surface area (Å²) in [5.41, 5.74) is 2.02. The average molecular weight is 191 g/mol. The van der Waals surface area contributed by atoms with Crippen LogP contribution in [0.15, 0.2) is 23.2 Å². The molecule has 0 N–H and O–H groups in total. The lowest BCUT2D eigenvalue weighted by Crippen LogP contribution is -1.95. The molecule has 1 aromatic rings. The number of ether oxygens (including phenoxy) is 1. The van der Waals surface area contributed by atoms with Crippen molar-refractivity contribution in [3.8, 4) is 5.75 Å². The molecule has 0 spiro atoms. The molecule has 0 aliphatic rings. The molecule has 14 heavy (non-hydrogen) atoms. The van der Waals surface area contributed by atoms with E-state index in [1.165, 1.54) is 0 Å². The van der Waals surface area contributed by atoms with Crippen LogP contribution in [-0.2, 0) is 4.79 Å². The van der Waals surface area contributed by atoms with Gasteiger partial charge in [0.25, 0.3) is 0 Å². The Morgan fingerprint density at radius 2 is 2.21 bits per heavy atom. The van der Waals surface area contributed by atoms with Crippen molar-refractivity contribution >= 4 is 6.08 Å². The molecule has 74 valence electrons. The summed E-state index contributed by atoms with van der Waals surface area (Å²) in [6.45, 7) is 3.82. The number of isocyanates is 1. The van der Waals surface area contributed by atoms with Gasteiger partial charge in [0.1, 0.15) is 5.75 Å².